The van der Waals surface area contributed by atoms with Gasteiger partial charge in [-0.2, -0.15) is 0 Å². The van der Waals surface area contributed by atoms with Crippen LogP contribution in [0.2, 0.25) is 0 Å². The molecular formula is C15H22NO2P. The molecule has 0 aliphatic carbocycles. The zero-order chi connectivity index (χ0) is 13.7. The van der Waals surface area contributed by atoms with E-state index in [9.17, 15) is 4.79 Å². The van der Waals surface area contributed by atoms with Crippen LogP contribution >= 0.6 is 8.58 Å². The zero-order valence-corrected chi connectivity index (χ0v) is 12.7. The molecule has 1 heterocycles. The Hall–Kier alpha value is -0.920. The Morgan fingerprint density at radius 3 is 2.53 bits per heavy atom. The first kappa shape index (κ1) is 14.5. The lowest BCUT2D eigenvalue weighted by molar-refractivity contribution is -0.149. The van der Waals surface area contributed by atoms with E-state index in [2.05, 4.69) is 36.5 Å². The molecule has 1 fully saturated rings. The molecule has 0 spiro atoms. The van der Waals surface area contributed by atoms with E-state index in [0.29, 0.717) is 13.1 Å². The van der Waals surface area contributed by atoms with E-state index in [1.807, 2.05) is 0 Å². The fraction of sp³-hybridized carbons (Fsp3) is 0.533. The Labute approximate surface area is 116 Å². The van der Waals surface area contributed by atoms with Crippen LogP contribution in [0, 0.1) is 0 Å². The van der Waals surface area contributed by atoms with Crippen molar-refractivity contribution >= 4 is 14.6 Å². The molecule has 1 N–H and O–H groups in total. The molecule has 0 bridgehead atoms. The summed E-state index contributed by atoms with van der Waals surface area (Å²) in [5.74, 6) is -0.133. The number of benzene rings is 1. The van der Waals surface area contributed by atoms with Gasteiger partial charge in [-0.1, -0.05) is 31.2 Å². The maximum Gasteiger partial charge on any atom is 0.318 e. The minimum Gasteiger partial charge on any atom is -0.468 e. The highest BCUT2D eigenvalue weighted by Crippen LogP contribution is 2.30. The highest BCUT2D eigenvalue weighted by Gasteiger charge is 2.46. The summed E-state index contributed by atoms with van der Waals surface area (Å²) in [6, 6.07) is 8.47. The van der Waals surface area contributed by atoms with Gasteiger partial charge in [0, 0.05) is 13.1 Å². The summed E-state index contributed by atoms with van der Waals surface area (Å²) in [5, 5.41) is 3.17. The average molecular weight is 279 g/mol. The zero-order valence-electron chi connectivity index (χ0n) is 11.7. The van der Waals surface area contributed by atoms with Crippen LogP contribution in [0.3, 0.4) is 0 Å². The maximum atomic E-state index is 12.0. The first-order chi connectivity index (χ1) is 9.23. The SMILES string of the molecule is CCPCCc1ccc(C2(C(=O)OC)CNC2)cc1. The van der Waals surface area contributed by atoms with Gasteiger partial charge in [0.15, 0.2) is 0 Å². The number of carbonyl (C=O) groups excluding carboxylic acids is 1. The molecule has 104 valence electrons. The fourth-order valence-electron chi connectivity index (χ4n) is 2.44. The van der Waals surface area contributed by atoms with Crippen LogP contribution in [0.4, 0.5) is 0 Å². The van der Waals surface area contributed by atoms with Crippen molar-refractivity contribution < 1.29 is 9.53 Å². The Balaban J connectivity index is 2.07. The predicted octanol–water partition coefficient (Wildman–Crippen LogP) is 1.94. The molecule has 1 aromatic carbocycles. The minimum absolute atomic E-state index is 0.133. The molecule has 19 heavy (non-hydrogen) atoms. The van der Waals surface area contributed by atoms with Crippen LogP contribution < -0.4 is 5.32 Å². The second-order valence-electron chi connectivity index (χ2n) is 4.98. The smallest absolute Gasteiger partial charge is 0.318 e. The molecule has 0 radical (unpaired) electrons. The van der Waals surface area contributed by atoms with Gasteiger partial charge in [0.2, 0.25) is 0 Å². The molecular weight excluding hydrogens is 257 g/mol. The first-order valence-electron chi connectivity index (χ1n) is 6.82. The third-order valence-corrected chi connectivity index (χ3v) is 4.88. The second kappa shape index (κ2) is 6.49. The molecule has 2 rings (SSSR count). The summed E-state index contributed by atoms with van der Waals surface area (Å²) in [7, 11) is 2.51. The van der Waals surface area contributed by atoms with Crippen molar-refractivity contribution in [2.45, 2.75) is 18.8 Å². The van der Waals surface area contributed by atoms with E-state index in [1.54, 1.807) is 0 Å². The highest BCUT2D eigenvalue weighted by atomic mass is 31.1. The maximum absolute atomic E-state index is 12.0. The molecule has 1 atom stereocenters. The van der Waals surface area contributed by atoms with E-state index < -0.39 is 5.41 Å². The largest absolute Gasteiger partial charge is 0.468 e. The minimum atomic E-state index is -0.460. The van der Waals surface area contributed by atoms with E-state index in [-0.39, 0.29) is 5.97 Å². The molecule has 3 nitrogen and oxygen atoms in total. The topological polar surface area (TPSA) is 38.3 Å². The molecule has 1 aliphatic rings. The molecule has 1 aromatic rings. The summed E-state index contributed by atoms with van der Waals surface area (Å²) >= 11 is 0. The van der Waals surface area contributed by atoms with E-state index in [1.165, 1.54) is 25.0 Å². The third-order valence-electron chi connectivity index (χ3n) is 3.78. The van der Waals surface area contributed by atoms with Crippen molar-refractivity contribution in [2.24, 2.45) is 0 Å². The number of nitrogens with one attached hydrogen (secondary N) is 1. The quantitative estimate of drug-likeness (QED) is 0.491. The summed E-state index contributed by atoms with van der Waals surface area (Å²) < 4.78 is 4.94. The van der Waals surface area contributed by atoms with Gasteiger partial charge in [0.25, 0.3) is 0 Å². The van der Waals surface area contributed by atoms with Crippen LogP contribution in [-0.2, 0) is 21.4 Å². The third kappa shape index (κ3) is 2.98. The summed E-state index contributed by atoms with van der Waals surface area (Å²) in [5.41, 5.74) is 1.97. The lowest BCUT2D eigenvalue weighted by Crippen LogP contribution is -2.61. The number of hydrogen-bond donors (Lipinski definition) is 1. The summed E-state index contributed by atoms with van der Waals surface area (Å²) in [4.78, 5) is 12.0. The number of ether oxygens (including phenoxy) is 1. The number of methoxy groups -OCH3 is 1. The Kier molecular flexibility index (Phi) is 4.95. The number of hydrogen-bond acceptors (Lipinski definition) is 3. The Morgan fingerprint density at radius 2 is 2.05 bits per heavy atom. The lowest BCUT2D eigenvalue weighted by Gasteiger charge is -2.40. The van der Waals surface area contributed by atoms with Gasteiger partial charge in [0.05, 0.1) is 7.11 Å². The van der Waals surface area contributed by atoms with E-state index in [0.717, 1.165) is 20.6 Å². The standard InChI is InChI=1S/C15H22NO2P/c1-3-19-9-8-12-4-6-13(7-5-12)15(10-16-11-15)14(17)18-2/h4-7,16,19H,3,8-11H2,1-2H3. The molecule has 1 unspecified atom stereocenters. The molecule has 1 saturated heterocycles. The van der Waals surface area contributed by atoms with Crippen LogP contribution in [0.25, 0.3) is 0 Å². The summed E-state index contributed by atoms with van der Waals surface area (Å²) in [6.45, 7) is 3.58. The summed E-state index contributed by atoms with van der Waals surface area (Å²) in [6.07, 6.45) is 3.67. The number of rotatable bonds is 6. The van der Waals surface area contributed by atoms with Crippen molar-refractivity contribution in [3.8, 4) is 0 Å². The molecule has 0 aromatic heterocycles. The number of esters is 1. The van der Waals surface area contributed by atoms with Crippen LogP contribution in [0.5, 0.6) is 0 Å². The van der Waals surface area contributed by atoms with Gasteiger partial charge in [-0.25, -0.2) is 0 Å². The van der Waals surface area contributed by atoms with Crippen molar-refractivity contribution in [2.75, 3.05) is 32.5 Å². The predicted molar refractivity (Wildman–Crippen MR) is 80.4 cm³/mol. The van der Waals surface area contributed by atoms with Crippen molar-refractivity contribution in [1.82, 2.24) is 5.32 Å². The van der Waals surface area contributed by atoms with Crippen LogP contribution in [0.15, 0.2) is 24.3 Å². The van der Waals surface area contributed by atoms with Crippen molar-refractivity contribution in [3.63, 3.8) is 0 Å². The average Bonchev–Trinajstić information content (AvgIpc) is 2.39. The number of aryl methyl sites for hydroxylation is 1. The monoisotopic (exact) mass is 279 g/mol. The molecule has 0 saturated carbocycles. The molecule has 1 aliphatic heterocycles. The molecule has 4 heteroatoms. The van der Waals surface area contributed by atoms with Crippen molar-refractivity contribution in [3.05, 3.63) is 35.4 Å². The van der Waals surface area contributed by atoms with Gasteiger partial charge in [-0.05, 0) is 29.9 Å². The molecule has 0 amide bonds. The van der Waals surface area contributed by atoms with Gasteiger partial charge in [-0.15, -0.1) is 8.58 Å². The van der Waals surface area contributed by atoms with Gasteiger partial charge in [0.1, 0.15) is 5.41 Å². The number of carbonyl (C=O) groups is 1. The van der Waals surface area contributed by atoms with Gasteiger partial charge < -0.3 is 10.1 Å². The Bertz CT molecular complexity index is 426. The lowest BCUT2D eigenvalue weighted by atomic mass is 9.75. The Morgan fingerprint density at radius 1 is 1.37 bits per heavy atom. The highest BCUT2D eigenvalue weighted by molar-refractivity contribution is 7.37. The first-order valence-corrected chi connectivity index (χ1v) is 8.23. The normalized spacial score (nSPS) is 17.4. The second-order valence-corrected chi connectivity index (χ2v) is 6.68. The van der Waals surface area contributed by atoms with E-state index >= 15 is 0 Å². The van der Waals surface area contributed by atoms with Crippen LogP contribution in [-0.4, -0.2) is 38.5 Å². The van der Waals surface area contributed by atoms with Crippen LogP contribution in [0.1, 0.15) is 18.1 Å². The van der Waals surface area contributed by atoms with Crippen molar-refractivity contribution in [1.29, 1.82) is 0 Å². The van der Waals surface area contributed by atoms with Gasteiger partial charge in [-0.3, -0.25) is 4.79 Å². The van der Waals surface area contributed by atoms with E-state index in [4.69, 9.17) is 4.74 Å². The fourth-order valence-corrected chi connectivity index (χ4v) is 3.26. The van der Waals surface area contributed by atoms with Gasteiger partial charge >= 0.3 is 5.97 Å².